The van der Waals surface area contributed by atoms with E-state index in [-0.39, 0.29) is 12.2 Å². The zero-order valence-electron chi connectivity index (χ0n) is 10.9. The quantitative estimate of drug-likeness (QED) is 0.903. The zero-order chi connectivity index (χ0) is 14.5. The first-order valence-corrected chi connectivity index (χ1v) is 6.48. The summed E-state index contributed by atoms with van der Waals surface area (Å²) < 4.78 is 32.0. The van der Waals surface area contributed by atoms with Crippen LogP contribution < -0.4 is 10.1 Å². The molecule has 5 heteroatoms. The summed E-state index contributed by atoms with van der Waals surface area (Å²) in [5, 5.41) is 3.45. The molecular weight excluding hydrogens is 284 g/mol. The monoisotopic (exact) mass is 297 g/mol. The number of benzene rings is 2. The highest BCUT2D eigenvalue weighted by atomic mass is 35.5. The Kier molecular flexibility index (Phi) is 4.93. The van der Waals surface area contributed by atoms with Crippen LogP contribution in [0.5, 0.6) is 5.75 Å². The van der Waals surface area contributed by atoms with Crippen molar-refractivity contribution < 1.29 is 13.5 Å². The third-order valence-electron chi connectivity index (χ3n) is 2.79. The molecule has 0 bridgehead atoms. The molecule has 20 heavy (non-hydrogen) atoms. The number of ether oxygens (including phenoxy) is 1. The Morgan fingerprint density at radius 3 is 2.70 bits per heavy atom. The van der Waals surface area contributed by atoms with Gasteiger partial charge in [-0.1, -0.05) is 29.8 Å². The van der Waals surface area contributed by atoms with Gasteiger partial charge >= 0.3 is 0 Å². The van der Waals surface area contributed by atoms with E-state index in [2.05, 4.69) is 5.32 Å². The molecule has 0 aromatic heterocycles. The van der Waals surface area contributed by atoms with Crippen molar-refractivity contribution in [1.29, 1.82) is 0 Å². The topological polar surface area (TPSA) is 21.3 Å². The summed E-state index contributed by atoms with van der Waals surface area (Å²) in [5.41, 5.74) is 1.17. The molecule has 0 saturated carbocycles. The molecule has 0 fully saturated rings. The van der Waals surface area contributed by atoms with Gasteiger partial charge in [-0.05, 0) is 30.8 Å². The molecule has 2 nitrogen and oxygen atoms in total. The minimum absolute atomic E-state index is 0.0747. The van der Waals surface area contributed by atoms with Crippen molar-refractivity contribution in [3.05, 3.63) is 64.2 Å². The van der Waals surface area contributed by atoms with Crippen LogP contribution in [-0.2, 0) is 13.2 Å². The van der Waals surface area contributed by atoms with Crippen LogP contribution in [0.15, 0.2) is 36.4 Å². The summed E-state index contributed by atoms with van der Waals surface area (Å²) >= 11 is 6.08. The van der Waals surface area contributed by atoms with E-state index in [4.69, 9.17) is 16.3 Å². The van der Waals surface area contributed by atoms with Crippen molar-refractivity contribution in [3.63, 3.8) is 0 Å². The van der Waals surface area contributed by atoms with E-state index in [1.807, 2.05) is 13.1 Å². The van der Waals surface area contributed by atoms with Crippen LogP contribution in [0.1, 0.15) is 11.1 Å². The molecule has 0 saturated heterocycles. The molecule has 2 aromatic carbocycles. The minimum atomic E-state index is -0.893. The summed E-state index contributed by atoms with van der Waals surface area (Å²) in [7, 11) is 1.84. The number of hydrogen-bond donors (Lipinski definition) is 1. The van der Waals surface area contributed by atoms with Crippen molar-refractivity contribution >= 4 is 11.6 Å². The SMILES string of the molecule is CNCc1ccc(OCc2cccc(F)c2F)c(Cl)c1. The molecule has 0 amide bonds. The molecule has 0 spiro atoms. The zero-order valence-corrected chi connectivity index (χ0v) is 11.7. The highest BCUT2D eigenvalue weighted by Crippen LogP contribution is 2.26. The Hall–Kier alpha value is -1.65. The number of rotatable bonds is 5. The molecule has 0 radical (unpaired) electrons. The van der Waals surface area contributed by atoms with Crippen molar-refractivity contribution in [2.24, 2.45) is 0 Å². The van der Waals surface area contributed by atoms with Crippen LogP contribution in [0.2, 0.25) is 5.02 Å². The third kappa shape index (κ3) is 3.46. The summed E-state index contributed by atoms with van der Waals surface area (Å²) in [6.45, 7) is 0.618. The second-order valence-electron chi connectivity index (χ2n) is 4.30. The minimum Gasteiger partial charge on any atom is -0.487 e. The molecule has 2 rings (SSSR count). The van der Waals surface area contributed by atoms with Gasteiger partial charge in [-0.2, -0.15) is 0 Å². The van der Waals surface area contributed by atoms with E-state index in [0.717, 1.165) is 11.6 Å². The highest BCUT2D eigenvalue weighted by Gasteiger charge is 2.09. The van der Waals surface area contributed by atoms with Crippen LogP contribution in [0, 0.1) is 11.6 Å². The normalized spacial score (nSPS) is 10.6. The standard InChI is InChI=1S/C15H14ClF2NO/c1-19-8-10-5-6-14(12(16)7-10)20-9-11-3-2-4-13(17)15(11)18/h2-7,19H,8-9H2,1H3. The lowest BCUT2D eigenvalue weighted by molar-refractivity contribution is 0.297. The molecule has 0 unspecified atom stereocenters. The van der Waals surface area contributed by atoms with Crippen LogP contribution >= 0.6 is 11.6 Å². The van der Waals surface area contributed by atoms with Gasteiger partial charge in [0, 0.05) is 12.1 Å². The Balaban J connectivity index is 2.09. The molecule has 2 aromatic rings. The molecule has 0 aliphatic rings. The highest BCUT2D eigenvalue weighted by molar-refractivity contribution is 6.32. The molecule has 0 heterocycles. The fraction of sp³-hybridized carbons (Fsp3) is 0.200. The number of halogens is 3. The lowest BCUT2D eigenvalue weighted by atomic mass is 10.2. The molecule has 0 aliphatic heterocycles. The largest absolute Gasteiger partial charge is 0.487 e. The average molecular weight is 298 g/mol. The van der Waals surface area contributed by atoms with Gasteiger partial charge in [0.2, 0.25) is 0 Å². The van der Waals surface area contributed by atoms with Crippen LogP contribution in [-0.4, -0.2) is 7.05 Å². The van der Waals surface area contributed by atoms with E-state index < -0.39 is 11.6 Å². The van der Waals surface area contributed by atoms with Gasteiger partial charge < -0.3 is 10.1 Å². The predicted molar refractivity (Wildman–Crippen MR) is 74.9 cm³/mol. The van der Waals surface area contributed by atoms with Gasteiger partial charge in [-0.15, -0.1) is 0 Å². The van der Waals surface area contributed by atoms with Gasteiger partial charge in [0.05, 0.1) is 5.02 Å². The molecule has 1 N–H and O–H groups in total. The van der Waals surface area contributed by atoms with E-state index in [9.17, 15) is 8.78 Å². The van der Waals surface area contributed by atoms with Crippen LogP contribution in [0.4, 0.5) is 8.78 Å². The van der Waals surface area contributed by atoms with Crippen molar-refractivity contribution in [3.8, 4) is 5.75 Å². The first kappa shape index (κ1) is 14.8. The van der Waals surface area contributed by atoms with E-state index >= 15 is 0 Å². The maximum atomic E-state index is 13.5. The maximum Gasteiger partial charge on any atom is 0.165 e. The Morgan fingerprint density at radius 2 is 2.00 bits per heavy atom. The summed E-state index contributed by atoms with van der Waals surface area (Å²) in [6.07, 6.45) is 0. The number of hydrogen-bond acceptors (Lipinski definition) is 2. The molecular formula is C15H14ClF2NO. The van der Waals surface area contributed by atoms with Crippen molar-refractivity contribution in [2.45, 2.75) is 13.2 Å². The van der Waals surface area contributed by atoms with Crippen LogP contribution in [0.3, 0.4) is 0 Å². The number of nitrogens with one attached hydrogen (secondary N) is 1. The van der Waals surface area contributed by atoms with E-state index in [0.29, 0.717) is 17.3 Å². The van der Waals surface area contributed by atoms with Crippen molar-refractivity contribution in [2.75, 3.05) is 7.05 Å². The Labute approximate surface area is 121 Å². The van der Waals surface area contributed by atoms with Gasteiger partial charge in [-0.25, -0.2) is 8.78 Å². The second-order valence-corrected chi connectivity index (χ2v) is 4.70. The van der Waals surface area contributed by atoms with E-state index in [1.54, 1.807) is 12.1 Å². The van der Waals surface area contributed by atoms with Crippen molar-refractivity contribution in [1.82, 2.24) is 5.32 Å². The van der Waals surface area contributed by atoms with E-state index in [1.165, 1.54) is 12.1 Å². The molecule has 0 aliphatic carbocycles. The van der Waals surface area contributed by atoms with Gasteiger partial charge in [-0.3, -0.25) is 0 Å². The van der Waals surface area contributed by atoms with Gasteiger partial charge in [0.15, 0.2) is 11.6 Å². The summed E-state index contributed by atoms with van der Waals surface area (Å²) in [6, 6.07) is 9.33. The Bertz CT molecular complexity index is 604. The first-order chi connectivity index (χ1) is 9.61. The maximum absolute atomic E-state index is 13.5. The Morgan fingerprint density at radius 1 is 1.20 bits per heavy atom. The van der Waals surface area contributed by atoms with Gasteiger partial charge in [0.1, 0.15) is 12.4 Å². The fourth-order valence-corrected chi connectivity index (χ4v) is 2.05. The second kappa shape index (κ2) is 6.68. The van der Waals surface area contributed by atoms with Crippen LogP contribution in [0.25, 0.3) is 0 Å². The first-order valence-electron chi connectivity index (χ1n) is 6.10. The lowest BCUT2D eigenvalue weighted by Crippen LogP contribution is -2.05. The third-order valence-corrected chi connectivity index (χ3v) is 3.09. The smallest absolute Gasteiger partial charge is 0.165 e. The molecule has 106 valence electrons. The summed E-state index contributed by atoms with van der Waals surface area (Å²) in [5.74, 6) is -1.34. The van der Waals surface area contributed by atoms with Gasteiger partial charge in [0.25, 0.3) is 0 Å². The summed E-state index contributed by atoms with van der Waals surface area (Å²) in [4.78, 5) is 0. The average Bonchev–Trinajstić information content (AvgIpc) is 2.42. The molecule has 0 atom stereocenters. The lowest BCUT2D eigenvalue weighted by Gasteiger charge is -2.10. The predicted octanol–water partition coefficient (Wildman–Crippen LogP) is 3.92. The fourth-order valence-electron chi connectivity index (χ4n) is 1.79.